The van der Waals surface area contributed by atoms with E-state index >= 15 is 0 Å². The van der Waals surface area contributed by atoms with Crippen molar-refractivity contribution in [1.29, 1.82) is 0 Å². The first kappa shape index (κ1) is 15.6. The SMILES string of the molecule is O=C(O)CCCCC(S)CCCC(=O)OS. The molecule has 0 spiro atoms. The van der Waals surface area contributed by atoms with Crippen LogP contribution in [0.5, 0.6) is 0 Å². The second-order valence-electron chi connectivity index (χ2n) is 3.65. The molecule has 0 saturated heterocycles. The Balaban J connectivity index is 3.34. The number of hydrogen-bond acceptors (Lipinski definition) is 5. The normalized spacial score (nSPS) is 12.1. The monoisotopic (exact) mass is 266 g/mol. The van der Waals surface area contributed by atoms with Crippen LogP contribution >= 0.6 is 25.5 Å². The van der Waals surface area contributed by atoms with Gasteiger partial charge in [-0.05, 0) is 25.7 Å². The Bertz CT molecular complexity index is 221. The molecule has 4 nitrogen and oxygen atoms in total. The van der Waals surface area contributed by atoms with Gasteiger partial charge in [-0.15, -0.1) is 0 Å². The summed E-state index contributed by atoms with van der Waals surface area (Å²) < 4.78 is 4.22. The molecule has 0 heterocycles. The first-order valence-corrected chi connectivity index (χ1v) is 6.18. The van der Waals surface area contributed by atoms with Crippen LogP contribution in [0.4, 0.5) is 0 Å². The molecule has 0 radical (unpaired) electrons. The molecule has 1 atom stereocenters. The van der Waals surface area contributed by atoms with E-state index in [4.69, 9.17) is 5.11 Å². The number of hydrogen-bond donors (Lipinski definition) is 3. The number of carboxylic acids is 1. The maximum absolute atomic E-state index is 10.7. The van der Waals surface area contributed by atoms with Crippen molar-refractivity contribution in [2.75, 3.05) is 0 Å². The summed E-state index contributed by atoms with van der Waals surface area (Å²) in [5.41, 5.74) is 0. The van der Waals surface area contributed by atoms with E-state index in [2.05, 4.69) is 29.7 Å². The van der Waals surface area contributed by atoms with Gasteiger partial charge in [0, 0.05) is 31.0 Å². The molecule has 0 aromatic heterocycles. The van der Waals surface area contributed by atoms with E-state index in [1.54, 1.807) is 0 Å². The van der Waals surface area contributed by atoms with Crippen LogP contribution in [0.1, 0.15) is 44.9 Å². The third-order valence-corrected chi connectivity index (χ3v) is 2.92. The number of aliphatic carboxylic acids is 1. The molecule has 1 unspecified atom stereocenters. The number of rotatable bonds is 9. The molecule has 0 aliphatic rings. The van der Waals surface area contributed by atoms with Crippen LogP contribution in [-0.4, -0.2) is 22.3 Å². The van der Waals surface area contributed by atoms with Gasteiger partial charge >= 0.3 is 11.9 Å². The highest BCUT2D eigenvalue weighted by Gasteiger charge is 2.06. The van der Waals surface area contributed by atoms with Crippen LogP contribution in [0.25, 0.3) is 0 Å². The topological polar surface area (TPSA) is 63.6 Å². The Morgan fingerprint density at radius 3 is 2.31 bits per heavy atom. The summed E-state index contributed by atoms with van der Waals surface area (Å²) in [5.74, 6) is -1.08. The molecule has 0 aliphatic heterocycles. The Labute approximate surface area is 107 Å². The Morgan fingerprint density at radius 2 is 1.75 bits per heavy atom. The van der Waals surface area contributed by atoms with Crippen molar-refractivity contribution in [3.8, 4) is 0 Å². The predicted octanol–water partition coefficient (Wildman–Crippen LogP) is 2.49. The number of carbonyl (C=O) groups excluding carboxylic acids is 1. The van der Waals surface area contributed by atoms with Crippen molar-refractivity contribution in [2.45, 2.75) is 50.2 Å². The molecular weight excluding hydrogens is 248 g/mol. The van der Waals surface area contributed by atoms with Crippen molar-refractivity contribution in [1.82, 2.24) is 0 Å². The van der Waals surface area contributed by atoms with E-state index in [1.165, 1.54) is 0 Å². The summed E-state index contributed by atoms with van der Waals surface area (Å²) in [5, 5.41) is 8.65. The lowest BCUT2D eigenvalue weighted by Gasteiger charge is -2.08. The zero-order chi connectivity index (χ0) is 12.4. The number of carboxylic acid groups (broad SMARTS) is 1. The van der Waals surface area contributed by atoms with Crippen LogP contribution < -0.4 is 0 Å². The first-order chi connectivity index (χ1) is 7.56. The van der Waals surface area contributed by atoms with E-state index in [9.17, 15) is 9.59 Å². The first-order valence-electron chi connectivity index (χ1n) is 5.30. The van der Waals surface area contributed by atoms with Gasteiger partial charge in [-0.25, -0.2) is 0 Å². The zero-order valence-corrected chi connectivity index (χ0v) is 10.9. The Kier molecular flexibility index (Phi) is 9.62. The molecule has 1 N–H and O–H groups in total. The minimum atomic E-state index is -0.757. The van der Waals surface area contributed by atoms with Crippen LogP contribution in [-0.2, 0) is 13.8 Å². The van der Waals surface area contributed by atoms with E-state index < -0.39 is 5.97 Å². The third kappa shape index (κ3) is 10.2. The summed E-state index contributed by atoms with van der Waals surface area (Å²) in [6.07, 6.45) is 4.56. The quantitative estimate of drug-likeness (QED) is 0.341. The molecule has 0 fully saturated rings. The maximum Gasteiger partial charge on any atom is 0.317 e. The van der Waals surface area contributed by atoms with Gasteiger partial charge in [0.15, 0.2) is 0 Å². The largest absolute Gasteiger partial charge is 0.481 e. The van der Waals surface area contributed by atoms with E-state index in [0.717, 1.165) is 25.7 Å². The maximum atomic E-state index is 10.7. The summed E-state index contributed by atoms with van der Waals surface area (Å²) in [6, 6.07) is 0. The van der Waals surface area contributed by atoms with Gasteiger partial charge in [0.2, 0.25) is 0 Å². The van der Waals surface area contributed by atoms with Crippen molar-refractivity contribution in [3.05, 3.63) is 0 Å². The fourth-order valence-electron chi connectivity index (χ4n) is 1.33. The van der Waals surface area contributed by atoms with E-state index in [1.807, 2.05) is 0 Å². The fourth-order valence-corrected chi connectivity index (χ4v) is 1.78. The molecule has 0 saturated carbocycles. The molecule has 94 valence electrons. The van der Waals surface area contributed by atoms with Crippen molar-refractivity contribution in [3.63, 3.8) is 0 Å². The Hall–Kier alpha value is -0.360. The summed E-state index contributed by atoms with van der Waals surface area (Å²) in [4.78, 5) is 21.0. The highest BCUT2D eigenvalue weighted by atomic mass is 32.1. The lowest BCUT2D eigenvalue weighted by Crippen LogP contribution is -2.03. The average molecular weight is 266 g/mol. The second kappa shape index (κ2) is 9.84. The highest BCUT2D eigenvalue weighted by Crippen LogP contribution is 2.15. The van der Waals surface area contributed by atoms with Crippen molar-refractivity contribution >= 4 is 37.5 Å². The molecule has 0 aliphatic carbocycles. The van der Waals surface area contributed by atoms with Crippen LogP contribution in [0, 0.1) is 0 Å². The lowest BCUT2D eigenvalue weighted by molar-refractivity contribution is -0.137. The molecule has 0 rings (SSSR count). The van der Waals surface area contributed by atoms with Crippen LogP contribution in [0.2, 0.25) is 0 Å². The molecule has 0 aromatic rings. The van der Waals surface area contributed by atoms with Crippen LogP contribution in [0.15, 0.2) is 0 Å². The molecule has 0 amide bonds. The lowest BCUT2D eigenvalue weighted by atomic mass is 10.1. The van der Waals surface area contributed by atoms with E-state index in [0.29, 0.717) is 12.8 Å². The molecule has 0 bridgehead atoms. The minimum Gasteiger partial charge on any atom is -0.481 e. The summed E-state index contributed by atoms with van der Waals surface area (Å²) in [7, 11) is 0. The zero-order valence-electron chi connectivity index (χ0n) is 9.09. The van der Waals surface area contributed by atoms with Crippen LogP contribution in [0.3, 0.4) is 0 Å². The predicted molar refractivity (Wildman–Crippen MR) is 67.8 cm³/mol. The molecule has 16 heavy (non-hydrogen) atoms. The third-order valence-electron chi connectivity index (χ3n) is 2.20. The van der Waals surface area contributed by atoms with Gasteiger partial charge in [-0.1, -0.05) is 6.42 Å². The van der Waals surface area contributed by atoms with Crippen molar-refractivity contribution < 1.29 is 18.9 Å². The van der Waals surface area contributed by atoms with Gasteiger partial charge < -0.3 is 9.29 Å². The number of unbranched alkanes of at least 4 members (excludes halogenated alkanes) is 1. The summed E-state index contributed by atoms with van der Waals surface area (Å²) >= 11 is 7.77. The van der Waals surface area contributed by atoms with Gasteiger partial charge in [0.1, 0.15) is 0 Å². The second-order valence-corrected chi connectivity index (χ2v) is 4.56. The standard InChI is InChI=1S/C10H18O4S2/c11-9(12)6-2-1-4-8(15)5-3-7-10(13)14-16/h8,15-16H,1-7H2,(H,11,12). The van der Waals surface area contributed by atoms with Gasteiger partial charge in [0.05, 0.1) is 0 Å². The number of thiol groups is 2. The van der Waals surface area contributed by atoms with E-state index in [-0.39, 0.29) is 17.6 Å². The minimum absolute atomic E-state index is 0.215. The van der Waals surface area contributed by atoms with Gasteiger partial charge in [-0.2, -0.15) is 12.6 Å². The smallest absolute Gasteiger partial charge is 0.317 e. The van der Waals surface area contributed by atoms with Gasteiger partial charge in [-0.3, -0.25) is 9.59 Å². The Morgan fingerprint density at radius 1 is 1.12 bits per heavy atom. The fraction of sp³-hybridized carbons (Fsp3) is 0.800. The van der Waals surface area contributed by atoms with Crippen molar-refractivity contribution in [2.24, 2.45) is 0 Å². The van der Waals surface area contributed by atoms with Gasteiger partial charge in [0.25, 0.3) is 0 Å². The average Bonchev–Trinajstić information content (AvgIpc) is 2.24. The molecule has 6 heteroatoms. The summed E-state index contributed by atoms with van der Waals surface area (Å²) in [6.45, 7) is 0. The molecule has 0 aromatic carbocycles. The number of carbonyl (C=O) groups is 2. The molecular formula is C10H18O4S2. The highest BCUT2D eigenvalue weighted by molar-refractivity contribution is 7.80.